The van der Waals surface area contributed by atoms with Crippen molar-refractivity contribution < 1.29 is 8.42 Å². The molecule has 0 saturated carbocycles. The van der Waals surface area contributed by atoms with E-state index in [2.05, 4.69) is 14.8 Å². The highest BCUT2D eigenvalue weighted by atomic mass is 32.2. The van der Waals surface area contributed by atoms with E-state index in [9.17, 15) is 13.2 Å². The van der Waals surface area contributed by atoms with Crippen molar-refractivity contribution in [3.05, 3.63) is 40.1 Å². The maximum Gasteiger partial charge on any atom is 0.267 e. The summed E-state index contributed by atoms with van der Waals surface area (Å²) < 4.78 is 28.3. The number of nitrogens with zero attached hydrogens (tertiary/aromatic N) is 2. The number of aromatic amines is 1. The van der Waals surface area contributed by atoms with E-state index < -0.39 is 15.5 Å². The molecule has 0 aliphatic heterocycles. The van der Waals surface area contributed by atoms with E-state index in [4.69, 9.17) is 0 Å². The minimum atomic E-state index is -3.92. The summed E-state index contributed by atoms with van der Waals surface area (Å²) in [5, 5.41) is 4.11. The van der Waals surface area contributed by atoms with Crippen molar-refractivity contribution in [1.82, 2.24) is 14.8 Å². The van der Waals surface area contributed by atoms with Crippen LogP contribution >= 0.6 is 0 Å². The minimum Gasteiger partial charge on any atom is -0.366 e. The Bertz CT molecular complexity index is 773. The predicted octanol–water partition coefficient (Wildman–Crippen LogP) is 0.526. The highest BCUT2D eigenvalue weighted by Crippen LogP contribution is 2.21. The molecule has 102 valence electrons. The summed E-state index contributed by atoms with van der Waals surface area (Å²) in [5.41, 5.74) is 1.06. The zero-order valence-corrected chi connectivity index (χ0v) is 11.6. The number of aryl methyl sites for hydroxylation is 2. The van der Waals surface area contributed by atoms with E-state index in [1.54, 1.807) is 25.6 Å². The van der Waals surface area contributed by atoms with Crippen molar-refractivity contribution in [1.29, 1.82) is 0 Å². The fourth-order valence-corrected chi connectivity index (χ4v) is 2.95. The van der Waals surface area contributed by atoms with Gasteiger partial charge in [-0.3, -0.25) is 14.2 Å². The molecular weight excluding hydrogens is 268 g/mol. The molecule has 8 heteroatoms. The van der Waals surface area contributed by atoms with Crippen molar-refractivity contribution in [2.45, 2.75) is 18.7 Å². The Morgan fingerprint density at radius 3 is 2.58 bits per heavy atom. The molecule has 2 aromatic heterocycles. The number of anilines is 1. The van der Waals surface area contributed by atoms with E-state index in [0.717, 1.165) is 12.3 Å². The second kappa shape index (κ2) is 4.54. The van der Waals surface area contributed by atoms with Crippen LogP contribution in [0.2, 0.25) is 0 Å². The van der Waals surface area contributed by atoms with Crippen LogP contribution in [0.5, 0.6) is 0 Å². The summed E-state index contributed by atoms with van der Waals surface area (Å²) in [6.45, 7) is 3.44. The molecule has 0 aliphatic carbocycles. The highest BCUT2D eigenvalue weighted by Gasteiger charge is 2.21. The molecule has 2 heterocycles. The third kappa shape index (κ3) is 2.39. The van der Waals surface area contributed by atoms with Gasteiger partial charge >= 0.3 is 0 Å². The van der Waals surface area contributed by atoms with Crippen LogP contribution in [-0.2, 0) is 17.1 Å². The third-order valence-electron chi connectivity index (χ3n) is 2.82. The van der Waals surface area contributed by atoms with Gasteiger partial charge in [0.05, 0.1) is 17.1 Å². The Labute approximate surface area is 110 Å². The molecule has 2 N–H and O–H groups in total. The average molecular weight is 282 g/mol. The van der Waals surface area contributed by atoms with Crippen molar-refractivity contribution in [3.63, 3.8) is 0 Å². The zero-order valence-electron chi connectivity index (χ0n) is 10.8. The summed E-state index contributed by atoms with van der Waals surface area (Å²) in [6, 6.07) is 1.16. The van der Waals surface area contributed by atoms with Gasteiger partial charge in [0.2, 0.25) is 5.43 Å². The van der Waals surface area contributed by atoms with Crippen LogP contribution < -0.4 is 10.2 Å². The maximum absolute atomic E-state index is 12.2. The van der Waals surface area contributed by atoms with Gasteiger partial charge < -0.3 is 4.98 Å². The number of H-pyrrole nitrogens is 1. The number of hydrogen-bond acceptors (Lipinski definition) is 4. The first-order valence-corrected chi connectivity index (χ1v) is 7.01. The van der Waals surface area contributed by atoms with Gasteiger partial charge in [-0.05, 0) is 13.8 Å². The van der Waals surface area contributed by atoms with E-state index in [1.165, 1.54) is 6.20 Å². The van der Waals surface area contributed by atoms with Crippen LogP contribution in [0.15, 0.2) is 28.2 Å². The van der Waals surface area contributed by atoms with E-state index >= 15 is 0 Å². The van der Waals surface area contributed by atoms with Gasteiger partial charge in [0.1, 0.15) is 0 Å². The van der Waals surface area contributed by atoms with Crippen LogP contribution in [-0.4, -0.2) is 23.2 Å². The monoisotopic (exact) mass is 282 g/mol. The molecule has 0 unspecified atom stereocenters. The Morgan fingerprint density at radius 2 is 2.05 bits per heavy atom. The third-order valence-corrected chi connectivity index (χ3v) is 4.19. The van der Waals surface area contributed by atoms with Gasteiger partial charge in [0.25, 0.3) is 10.0 Å². The van der Waals surface area contributed by atoms with Crippen LogP contribution in [0.3, 0.4) is 0 Å². The second-order valence-electron chi connectivity index (χ2n) is 4.15. The smallest absolute Gasteiger partial charge is 0.267 e. The summed E-state index contributed by atoms with van der Waals surface area (Å²) in [4.78, 5) is 13.8. The first kappa shape index (κ1) is 13.3. The van der Waals surface area contributed by atoms with Crippen molar-refractivity contribution >= 4 is 15.7 Å². The molecule has 2 aromatic rings. The van der Waals surface area contributed by atoms with Gasteiger partial charge in [-0.1, -0.05) is 0 Å². The lowest BCUT2D eigenvalue weighted by Crippen LogP contribution is -2.21. The maximum atomic E-state index is 12.2. The van der Waals surface area contributed by atoms with Crippen molar-refractivity contribution in [2.24, 2.45) is 7.05 Å². The lowest BCUT2D eigenvalue weighted by molar-refractivity contribution is 0.600. The molecule has 0 aromatic carbocycles. The lowest BCUT2D eigenvalue weighted by Gasteiger charge is -2.07. The van der Waals surface area contributed by atoms with Crippen LogP contribution in [0.1, 0.15) is 11.4 Å². The quantitative estimate of drug-likeness (QED) is 0.858. The molecule has 0 radical (unpaired) electrons. The van der Waals surface area contributed by atoms with E-state index in [1.807, 2.05) is 0 Å². The number of hydrogen-bond donors (Lipinski definition) is 2. The highest BCUT2D eigenvalue weighted by molar-refractivity contribution is 7.92. The molecule has 0 fully saturated rings. The Morgan fingerprint density at radius 1 is 1.37 bits per heavy atom. The lowest BCUT2D eigenvalue weighted by atomic mass is 10.3. The summed E-state index contributed by atoms with van der Waals surface area (Å²) in [6.07, 6.45) is 2.54. The number of aromatic nitrogens is 3. The van der Waals surface area contributed by atoms with Crippen molar-refractivity contribution in [3.8, 4) is 0 Å². The molecule has 0 amide bonds. The topological polar surface area (TPSA) is 96.8 Å². The van der Waals surface area contributed by atoms with Crippen molar-refractivity contribution in [2.75, 3.05) is 4.72 Å². The van der Waals surface area contributed by atoms with Gasteiger partial charge in [0, 0.05) is 25.5 Å². The number of rotatable bonds is 3. The van der Waals surface area contributed by atoms with Gasteiger partial charge in [-0.15, -0.1) is 0 Å². The Balaban J connectivity index is 2.49. The fourth-order valence-electron chi connectivity index (χ4n) is 1.72. The number of nitrogens with one attached hydrogen (secondary N) is 2. The van der Waals surface area contributed by atoms with Crippen LogP contribution in [0.4, 0.5) is 5.69 Å². The minimum absolute atomic E-state index is 0.322. The summed E-state index contributed by atoms with van der Waals surface area (Å²) >= 11 is 0. The SMILES string of the molecule is Cc1nn(C)c(C)c1NS(=O)(=O)c1c[nH]ccc1=O. The van der Waals surface area contributed by atoms with E-state index in [0.29, 0.717) is 17.1 Å². The molecule has 7 nitrogen and oxygen atoms in total. The standard InChI is InChI=1S/C11H14N4O3S/c1-7-11(8(2)15(3)13-7)14-19(17,18)10-6-12-5-4-9(10)16/h4-6,14H,1-3H3,(H,12,16). The van der Waals surface area contributed by atoms with Gasteiger partial charge in [0.15, 0.2) is 4.90 Å². The normalized spacial score (nSPS) is 11.5. The molecule has 0 saturated heterocycles. The first-order chi connectivity index (χ1) is 8.83. The zero-order chi connectivity index (χ0) is 14.2. The average Bonchev–Trinajstić information content (AvgIpc) is 2.56. The fraction of sp³-hybridized carbons (Fsp3) is 0.273. The molecule has 2 rings (SSSR count). The van der Waals surface area contributed by atoms with Crippen LogP contribution in [0.25, 0.3) is 0 Å². The predicted molar refractivity (Wildman–Crippen MR) is 70.6 cm³/mol. The summed E-state index contributed by atoms with van der Waals surface area (Å²) in [5.74, 6) is 0. The molecule has 0 bridgehead atoms. The number of pyridine rings is 1. The Kier molecular flexibility index (Phi) is 3.19. The van der Waals surface area contributed by atoms with Gasteiger partial charge in [-0.25, -0.2) is 8.42 Å². The molecule has 19 heavy (non-hydrogen) atoms. The van der Waals surface area contributed by atoms with Crippen LogP contribution in [0, 0.1) is 13.8 Å². The second-order valence-corrected chi connectivity index (χ2v) is 5.80. The summed E-state index contributed by atoms with van der Waals surface area (Å²) in [7, 11) is -2.21. The number of sulfonamides is 1. The molecular formula is C11H14N4O3S. The molecule has 0 aliphatic rings. The molecule has 0 spiro atoms. The largest absolute Gasteiger partial charge is 0.366 e. The van der Waals surface area contributed by atoms with E-state index in [-0.39, 0.29) is 4.90 Å². The Hall–Kier alpha value is -2.09. The first-order valence-electron chi connectivity index (χ1n) is 5.53. The molecule has 0 atom stereocenters. The van der Waals surface area contributed by atoms with Gasteiger partial charge in [-0.2, -0.15) is 5.10 Å².